The van der Waals surface area contributed by atoms with Gasteiger partial charge in [-0.05, 0) is 35.9 Å². The smallest absolute Gasteiger partial charge is 0.333 e. The molecule has 170 valence electrons. The van der Waals surface area contributed by atoms with Crippen LogP contribution in [0.25, 0.3) is 38.8 Å². The molecule has 8 nitrogen and oxygen atoms in total. The van der Waals surface area contributed by atoms with Crippen LogP contribution in [0.5, 0.6) is 0 Å². The summed E-state index contributed by atoms with van der Waals surface area (Å²) in [7, 11) is 1.76. The van der Waals surface area contributed by atoms with Gasteiger partial charge in [-0.25, -0.2) is 14.8 Å². The van der Waals surface area contributed by atoms with Crippen LogP contribution < -0.4 is 15.9 Å². The number of hydrogen-bond donors (Lipinski definition) is 1. The standard InChI is InChI=1S/C25H22ClN7O/c1-31-23-14-30-21-4-2-16(17-12-28-15-29-13-17)10-19(21)24(23)33(25(31)34)18-3-5-22(20(26)11-18)32-8-6-27-7-9-32/h2-5,10-15,27H,6-9H2,1H3. The zero-order valence-corrected chi connectivity index (χ0v) is 19.3. The number of rotatable bonds is 3. The number of nitrogens with one attached hydrogen (secondary N) is 1. The molecule has 5 aromatic rings. The summed E-state index contributed by atoms with van der Waals surface area (Å²) in [6.07, 6.45) is 6.80. The summed E-state index contributed by atoms with van der Waals surface area (Å²) in [5.74, 6) is 0. The molecule has 1 N–H and O–H groups in total. The molecule has 34 heavy (non-hydrogen) atoms. The minimum Gasteiger partial charge on any atom is -0.368 e. The summed E-state index contributed by atoms with van der Waals surface area (Å²) in [5.41, 5.74) is 5.76. The van der Waals surface area contributed by atoms with Crippen molar-refractivity contribution in [1.82, 2.24) is 29.4 Å². The Hall–Kier alpha value is -3.75. The van der Waals surface area contributed by atoms with E-state index in [9.17, 15) is 4.79 Å². The normalized spacial score (nSPS) is 14.2. The predicted octanol–water partition coefficient (Wildman–Crippen LogP) is 3.40. The summed E-state index contributed by atoms with van der Waals surface area (Å²) in [4.78, 5) is 28.5. The second-order valence-corrected chi connectivity index (χ2v) is 8.81. The van der Waals surface area contributed by atoms with Gasteiger partial charge in [0.2, 0.25) is 0 Å². The fourth-order valence-electron chi connectivity index (χ4n) is 4.66. The van der Waals surface area contributed by atoms with Crippen molar-refractivity contribution in [3.8, 4) is 16.8 Å². The van der Waals surface area contributed by atoms with Gasteiger partial charge in [0, 0.05) is 56.6 Å². The highest BCUT2D eigenvalue weighted by Crippen LogP contribution is 2.32. The van der Waals surface area contributed by atoms with E-state index in [1.54, 1.807) is 34.8 Å². The van der Waals surface area contributed by atoms with E-state index in [1.165, 1.54) is 6.33 Å². The number of nitrogens with zero attached hydrogens (tertiary/aromatic N) is 6. The van der Waals surface area contributed by atoms with Crippen LogP contribution >= 0.6 is 11.6 Å². The molecule has 1 fully saturated rings. The van der Waals surface area contributed by atoms with E-state index in [2.05, 4.69) is 25.2 Å². The van der Waals surface area contributed by atoms with Crippen molar-refractivity contribution in [2.45, 2.75) is 0 Å². The first kappa shape index (κ1) is 20.8. The molecule has 1 saturated heterocycles. The highest BCUT2D eigenvalue weighted by molar-refractivity contribution is 6.33. The molecule has 9 heteroatoms. The van der Waals surface area contributed by atoms with Gasteiger partial charge >= 0.3 is 5.69 Å². The van der Waals surface area contributed by atoms with Gasteiger partial charge < -0.3 is 10.2 Å². The predicted molar refractivity (Wildman–Crippen MR) is 135 cm³/mol. The molecule has 0 saturated carbocycles. The van der Waals surface area contributed by atoms with Gasteiger partial charge in [0.05, 0.1) is 39.1 Å². The van der Waals surface area contributed by atoms with Crippen LogP contribution in [0.4, 0.5) is 5.69 Å². The van der Waals surface area contributed by atoms with E-state index in [0.29, 0.717) is 5.02 Å². The lowest BCUT2D eigenvalue weighted by molar-refractivity contribution is 0.589. The van der Waals surface area contributed by atoms with Crippen LogP contribution in [0.2, 0.25) is 5.02 Å². The molecule has 0 atom stereocenters. The van der Waals surface area contributed by atoms with Gasteiger partial charge in [0.15, 0.2) is 0 Å². The van der Waals surface area contributed by atoms with E-state index >= 15 is 0 Å². The van der Waals surface area contributed by atoms with Gasteiger partial charge in [-0.1, -0.05) is 17.7 Å². The first-order chi connectivity index (χ1) is 16.6. The summed E-state index contributed by atoms with van der Waals surface area (Å²) < 4.78 is 3.34. The molecule has 0 unspecified atom stereocenters. The number of aryl methyl sites for hydroxylation is 1. The van der Waals surface area contributed by atoms with Crippen LogP contribution in [0.3, 0.4) is 0 Å². The average Bonchev–Trinajstić information content (AvgIpc) is 3.15. The maximum atomic E-state index is 13.4. The Balaban J connectivity index is 1.57. The lowest BCUT2D eigenvalue weighted by atomic mass is 10.1. The Bertz CT molecular complexity index is 1590. The highest BCUT2D eigenvalue weighted by atomic mass is 35.5. The van der Waals surface area contributed by atoms with E-state index < -0.39 is 0 Å². The van der Waals surface area contributed by atoms with Crippen molar-refractivity contribution in [1.29, 1.82) is 0 Å². The Labute approximate surface area is 200 Å². The summed E-state index contributed by atoms with van der Waals surface area (Å²) in [6.45, 7) is 3.65. The molecule has 1 aliphatic rings. The van der Waals surface area contributed by atoms with Crippen molar-refractivity contribution in [3.05, 3.63) is 76.8 Å². The first-order valence-electron chi connectivity index (χ1n) is 11.1. The van der Waals surface area contributed by atoms with Crippen molar-refractivity contribution < 1.29 is 0 Å². The number of piperazine rings is 1. The van der Waals surface area contributed by atoms with Crippen molar-refractivity contribution in [3.63, 3.8) is 0 Å². The highest BCUT2D eigenvalue weighted by Gasteiger charge is 2.19. The number of anilines is 1. The zero-order chi connectivity index (χ0) is 23.2. The minimum absolute atomic E-state index is 0.149. The second kappa shape index (κ2) is 8.23. The molecule has 0 radical (unpaired) electrons. The molecule has 0 spiro atoms. The van der Waals surface area contributed by atoms with Crippen LogP contribution in [0, 0.1) is 0 Å². The number of benzene rings is 2. The molecule has 0 aliphatic carbocycles. The van der Waals surface area contributed by atoms with Gasteiger partial charge in [-0.3, -0.25) is 14.1 Å². The van der Waals surface area contributed by atoms with Gasteiger partial charge in [0.25, 0.3) is 0 Å². The molecule has 2 aromatic carbocycles. The lowest BCUT2D eigenvalue weighted by Gasteiger charge is -2.30. The number of hydrogen-bond acceptors (Lipinski definition) is 6. The molecule has 3 aromatic heterocycles. The molecular weight excluding hydrogens is 450 g/mol. The van der Waals surface area contributed by atoms with Crippen LogP contribution in [0.1, 0.15) is 0 Å². The molecule has 0 amide bonds. The van der Waals surface area contributed by atoms with Crippen LogP contribution in [0.15, 0.2) is 66.1 Å². The topological polar surface area (TPSA) is 80.9 Å². The van der Waals surface area contributed by atoms with E-state index in [1.807, 2.05) is 36.4 Å². The molecule has 0 bridgehead atoms. The van der Waals surface area contributed by atoms with Gasteiger partial charge in [0.1, 0.15) is 6.33 Å². The Morgan fingerprint density at radius 2 is 1.76 bits per heavy atom. The SMILES string of the molecule is Cn1c(=O)n(-c2ccc(N3CCNCC3)c(Cl)c2)c2c3cc(-c4cncnc4)ccc3ncc21. The number of fused-ring (bicyclic) bond motifs is 3. The fourth-order valence-corrected chi connectivity index (χ4v) is 4.96. The molecule has 6 rings (SSSR count). The van der Waals surface area contributed by atoms with E-state index in [0.717, 1.165) is 70.6 Å². The summed E-state index contributed by atoms with van der Waals surface area (Å²) in [5, 5.41) is 4.86. The first-order valence-corrected chi connectivity index (χ1v) is 11.5. The maximum Gasteiger partial charge on any atom is 0.333 e. The number of imidazole rings is 1. The lowest BCUT2D eigenvalue weighted by Crippen LogP contribution is -2.43. The van der Waals surface area contributed by atoms with E-state index in [-0.39, 0.29) is 5.69 Å². The van der Waals surface area contributed by atoms with Gasteiger partial charge in [-0.2, -0.15) is 0 Å². The van der Waals surface area contributed by atoms with Crippen molar-refractivity contribution in [2.75, 3.05) is 31.1 Å². The monoisotopic (exact) mass is 471 g/mol. The minimum atomic E-state index is -0.149. The molecule has 1 aliphatic heterocycles. The number of aromatic nitrogens is 5. The number of pyridine rings is 1. The van der Waals surface area contributed by atoms with Crippen molar-refractivity contribution in [2.24, 2.45) is 7.05 Å². The Morgan fingerprint density at radius 1 is 0.971 bits per heavy atom. The van der Waals surface area contributed by atoms with Crippen LogP contribution in [-0.2, 0) is 7.05 Å². The fraction of sp³-hybridized carbons (Fsp3) is 0.200. The Morgan fingerprint density at radius 3 is 2.53 bits per heavy atom. The zero-order valence-electron chi connectivity index (χ0n) is 18.6. The molecular formula is C25H22ClN7O. The third-order valence-corrected chi connectivity index (χ3v) is 6.73. The summed E-state index contributed by atoms with van der Waals surface area (Å²) >= 11 is 6.74. The Kier molecular flexibility index (Phi) is 5.04. The van der Waals surface area contributed by atoms with Crippen molar-refractivity contribution >= 4 is 39.2 Å². The van der Waals surface area contributed by atoms with Gasteiger partial charge in [-0.15, -0.1) is 0 Å². The third-order valence-electron chi connectivity index (χ3n) is 6.42. The van der Waals surface area contributed by atoms with E-state index in [4.69, 9.17) is 11.6 Å². The quantitative estimate of drug-likeness (QED) is 0.434. The number of halogens is 1. The largest absolute Gasteiger partial charge is 0.368 e. The maximum absolute atomic E-state index is 13.4. The second-order valence-electron chi connectivity index (χ2n) is 8.40. The average molecular weight is 472 g/mol. The summed E-state index contributed by atoms with van der Waals surface area (Å²) in [6, 6.07) is 11.8. The molecule has 4 heterocycles. The van der Waals surface area contributed by atoms with Crippen LogP contribution in [-0.4, -0.2) is 50.3 Å². The third kappa shape index (κ3) is 3.34.